The van der Waals surface area contributed by atoms with Crippen molar-refractivity contribution in [2.75, 3.05) is 26.5 Å². The summed E-state index contributed by atoms with van der Waals surface area (Å²) in [5, 5.41) is 0.402. The fraction of sp³-hybridized carbons (Fsp3) is 0.278. The highest BCUT2D eigenvalue weighted by molar-refractivity contribution is 9.10. The van der Waals surface area contributed by atoms with Gasteiger partial charge in [0.1, 0.15) is 5.75 Å². The summed E-state index contributed by atoms with van der Waals surface area (Å²) in [6, 6.07) is 11.5. The Balaban J connectivity index is 1.88. The lowest BCUT2D eigenvalue weighted by Gasteiger charge is -2.18. The number of rotatable bonds is 7. The minimum Gasteiger partial charge on any atom is -0.493 e. The van der Waals surface area contributed by atoms with Crippen molar-refractivity contribution in [3.8, 4) is 5.75 Å². The Morgan fingerprint density at radius 3 is 2.65 bits per heavy atom. The zero-order valence-electron chi connectivity index (χ0n) is 14.4. The second-order valence-corrected chi connectivity index (χ2v) is 9.14. The van der Waals surface area contributed by atoms with Gasteiger partial charge in [-0.05, 0) is 42.8 Å². The molecule has 0 aliphatic heterocycles. The first-order valence-corrected chi connectivity index (χ1v) is 10.9. The largest absolute Gasteiger partial charge is 0.493 e. The Labute approximate surface area is 167 Å². The quantitative estimate of drug-likeness (QED) is 0.585. The molecule has 0 fully saturated rings. The molecule has 0 bridgehead atoms. The first-order valence-electron chi connectivity index (χ1n) is 7.82. The summed E-state index contributed by atoms with van der Waals surface area (Å²) in [6.07, 6.45) is 1.75. The van der Waals surface area contributed by atoms with E-state index in [4.69, 9.17) is 16.3 Å². The van der Waals surface area contributed by atoms with E-state index in [1.165, 1.54) is 12.1 Å². The van der Waals surface area contributed by atoms with Crippen LogP contribution in [-0.2, 0) is 9.84 Å². The second kappa shape index (κ2) is 8.88. The standard InChI is InChI=1S/C18H19BrClNO4S/c1-21(18(22)16-11-13(19)7-8-17(16)20)9-4-10-25-14-5-3-6-15(12-14)26(2,23)24/h3,5-8,11-12H,4,9-10H2,1-2H3. The molecule has 2 aromatic carbocycles. The number of hydrogen-bond acceptors (Lipinski definition) is 4. The van der Waals surface area contributed by atoms with E-state index in [1.807, 2.05) is 0 Å². The van der Waals surface area contributed by atoms with Gasteiger partial charge in [0.2, 0.25) is 0 Å². The number of hydrogen-bond donors (Lipinski definition) is 0. The van der Waals surface area contributed by atoms with Gasteiger partial charge < -0.3 is 9.64 Å². The van der Waals surface area contributed by atoms with Gasteiger partial charge in [0, 0.05) is 24.3 Å². The van der Waals surface area contributed by atoms with Crippen LogP contribution in [0.2, 0.25) is 5.02 Å². The van der Waals surface area contributed by atoms with Crippen molar-refractivity contribution in [1.29, 1.82) is 0 Å². The molecular weight excluding hydrogens is 442 g/mol. The summed E-state index contributed by atoms with van der Waals surface area (Å²) in [4.78, 5) is 14.2. The zero-order valence-corrected chi connectivity index (χ0v) is 17.6. The van der Waals surface area contributed by atoms with Gasteiger partial charge in [-0.3, -0.25) is 4.79 Å². The average molecular weight is 461 g/mol. The van der Waals surface area contributed by atoms with Gasteiger partial charge in [-0.2, -0.15) is 0 Å². The predicted molar refractivity (Wildman–Crippen MR) is 106 cm³/mol. The molecule has 0 saturated carbocycles. The van der Waals surface area contributed by atoms with Crippen LogP contribution in [0.5, 0.6) is 5.75 Å². The third kappa shape index (κ3) is 5.72. The lowest BCUT2D eigenvalue weighted by atomic mass is 10.2. The maximum atomic E-state index is 12.5. The van der Waals surface area contributed by atoms with Crippen molar-refractivity contribution in [2.45, 2.75) is 11.3 Å². The minimum atomic E-state index is -3.27. The minimum absolute atomic E-state index is 0.171. The van der Waals surface area contributed by atoms with Crippen LogP contribution < -0.4 is 4.74 Å². The number of carbonyl (C=O) groups is 1. The third-order valence-electron chi connectivity index (χ3n) is 3.65. The van der Waals surface area contributed by atoms with Crippen LogP contribution in [0.4, 0.5) is 0 Å². The van der Waals surface area contributed by atoms with Gasteiger partial charge >= 0.3 is 0 Å². The second-order valence-electron chi connectivity index (χ2n) is 5.80. The molecule has 26 heavy (non-hydrogen) atoms. The maximum absolute atomic E-state index is 12.5. The Hall–Kier alpha value is -1.57. The first kappa shape index (κ1) is 20.7. The van der Waals surface area contributed by atoms with Crippen LogP contribution in [0.25, 0.3) is 0 Å². The van der Waals surface area contributed by atoms with Crippen molar-refractivity contribution in [3.05, 3.63) is 57.5 Å². The fourth-order valence-electron chi connectivity index (χ4n) is 2.25. The molecule has 2 aromatic rings. The van der Waals surface area contributed by atoms with Crippen molar-refractivity contribution >= 4 is 43.3 Å². The van der Waals surface area contributed by atoms with Crippen molar-refractivity contribution in [1.82, 2.24) is 4.90 Å². The van der Waals surface area contributed by atoms with E-state index in [2.05, 4.69) is 15.9 Å². The number of amides is 1. The topological polar surface area (TPSA) is 63.7 Å². The molecule has 0 aliphatic carbocycles. The molecule has 0 atom stereocenters. The molecule has 0 radical (unpaired) electrons. The van der Waals surface area contributed by atoms with Gasteiger partial charge in [-0.25, -0.2) is 8.42 Å². The molecule has 0 saturated heterocycles. The van der Waals surface area contributed by atoms with Crippen molar-refractivity contribution in [2.24, 2.45) is 0 Å². The molecule has 0 unspecified atom stereocenters. The molecule has 0 heterocycles. The first-order chi connectivity index (χ1) is 12.2. The molecule has 1 amide bonds. The van der Waals surface area contributed by atoms with E-state index in [0.717, 1.165) is 10.7 Å². The lowest BCUT2D eigenvalue weighted by molar-refractivity contribution is 0.0788. The predicted octanol–water partition coefficient (Wildman–Crippen LogP) is 4.05. The van der Waals surface area contributed by atoms with E-state index < -0.39 is 9.84 Å². The Bertz CT molecular complexity index is 902. The summed E-state index contributed by atoms with van der Waals surface area (Å²) in [6.45, 7) is 0.838. The van der Waals surface area contributed by atoms with Crippen LogP contribution in [0.3, 0.4) is 0 Å². The number of benzene rings is 2. The number of ether oxygens (including phenoxy) is 1. The van der Waals surface area contributed by atoms with Crippen LogP contribution in [0.15, 0.2) is 51.8 Å². The Morgan fingerprint density at radius 1 is 1.23 bits per heavy atom. The highest BCUT2D eigenvalue weighted by Gasteiger charge is 2.15. The van der Waals surface area contributed by atoms with E-state index in [1.54, 1.807) is 42.3 Å². The normalized spacial score (nSPS) is 11.2. The molecule has 0 aliphatic rings. The van der Waals surface area contributed by atoms with Crippen LogP contribution in [-0.4, -0.2) is 45.7 Å². The van der Waals surface area contributed by atoms with Crippen molar-refractivity contribution in [3.63, 3.8) is 0 Å². The van der Waals surface area contributed by atoms with E-state index in [-0.39, 0.29) is 10.8 Å². The third-order valence-corrected chi connectivity index (χ3v) is 5.58. The number of nitrogens with zero attached hydrogens (tertiary/aromatic N) is 1. The summed E-state index contributed by atoms with van der Waals surface area (Å²) in [5.41, 5.74) is 0.435. The number of carbonyl (C=O) groups excluding carboxylic acids is 1. The molecule has 2 rings (SSSR count). The van der Waals surface area contributed by atoms with E-state index >= 15 is 0 Å². The molecule has 8 heteroatoms. The average Bonchev–Trinajstić information content (AvgIpc) is 2.59. The highest BCUT2D eigenvalue weighted by atomic mass is 79.9. The molecule has 5 nitrogen and oxygen atoms in total. The summed E-state index contributed by atoms with van der Waals surface area (Å²) >= 11 is 9.42. The Kier molecular flexibility index (Phi) is 7.08. The molecule has 0 N–H and O–H groups in total. The van der Waals surface area contributed by atoms with Crippen LogP contribution >= 0.6 is 27.5 Å². The van der Waals surface area contributed by atoms with Crippen LogP contribution in [0.1, 0.15) is 16.8 Å². The smallest absolute Gasteiger partial charge is 0.255 e. The summed E-state index contributed by atoms with van der Waals surface area (Å²) < 4.78 is 29.5. The zero-order chi connectivity index (χ0) is 19.3. The van der Waals surface area contributed by atoms with Gasteiger partial charge in [-0.15, -0.1) is 0 Å². The fourth-order valence-corrected chi connectivity index (χ4v) is 3.47. The molecular formula is C18H19BrClNO4S. The maximum Gasteiger partial charge on any atom is 0.255 e. The highest BCUT2D eigenvalue weighted by Crippen LogP contribution is 2.22. The Morgan fingerprint density at radius 2 is 1.96 bits per heavy atom. The summed E-state index contributed by atoms with van der Waals surface area (Å²) in [7, 11) is -1.57. The SMILES string of the molecule is CN(CCCOc1cccc(S(C)(=O)=O)c1)C(=O)c1cc(Br)ccc1Cl. The van der Waals surface area contributed by atoms with E-state index in [0.29, 0.717) is 35.9 Å². The van der Waals surface area contributed by atoms with Gasteiger partial charge in [-0.1, -0.05) is 33.6 Å². The number of sulfone groups is 1. The molecule has 140 valence electrons. The van der Waals surface area contributed by atoms with E-state index in [9.17, 15) is 13.2 Å². The molecule has 0 aromatic heterocycles. The van der Waals surface area contributed by atoms with Gasteiger partial charge in [0.05, 0.1) is 22.1 Å². The van der Waals surface area contributed by atoms with Gasteiger partial charge in [0.25, 0.3) is 5.91 Å². The summed E-state index contributed by atoms with van der Waals surface area (Å²) in [5.74, 6) is 0.312. The van der Waals surface area contributed by atoms with Crippen molar-refractivity contribution < 1.29 is 17.9 Å². The lowest BCUT2D eigenvalue weighted by Crippen LogP contribution is -2.28. The van der Waals surface area contributed by atoms with Gasteiger partial charge in [0.15, 0.2) is 9.84 Å². The van der Waals surface area contributed by atoms with Crippen LogP contribution in [0, 0.1) is 0 Å². The number of halogens is 2. The monoisotopic (exact) mass is 459 g/mol. The molecule has 0 spiro atoms.